The van der Waals surface area contributed by atoms with Gasteiger partial charge in [-0.25, -0.2) is 0 Å². The monoisotopic (exact) mass is 421 g/mol. The Balaban J connectivity index is 1.38. The number of rotatable bonds is 5. The molecule has 2 aliphatic heterocycles. The van der Waals surface area contributed by atoms with Gasteiger partial charge in [0, 0.05) is 29.6 Å². The third kappa shape index (κ3) is 4.94. The predicted octanol–water partition coefficient (Wildman–Crippen LogP) is 4.38. The number of carbonyl (C=O) groups is 2. The number of anilines is 1. The Bertz CT molecular complexity index is 958. The number of nitrogens with zero attached hydrogens (tertiary/aromatic N) is 1. The highest BCUT2D eigenvalue weighted by atomic mass is 32.2. The van der Waals surface area contributed by atoms with Gasteiger partial charge >= 0.3 is 0 Å². The zero-order valence-electron chi connectivity index (χ0n) is 17.2. The summed E-state index contributed by atoms with van der Waals surface area (Å²) in [5.74, 6) is -0.250. The average molecular weight is 422 g/mol. The number of hydrogen-bond donors (Lipinski definition) is 2. The number of piperidine rings is 1. The molecule has 0 bridgehead atoms. The normalized spacial score (nSPS) is 20.5. The maximum absolute atomic E-state index is 12.6. The van der Waals surface area contributed by atoms with Crippen molar-refractivity contribution in [2.24, 2.45) is 0 Å². The van der Waals surface area contributed by atoms with Crippen LogP contribution < -0.4 is 10.6 Å². The molecule has 2 aliphatic rings. The van der Waals surface area contributed by atoms with E-state index in [1.807, 2.05) is 48.5 Å². The Hall–Kier alpha value is -2.57. The molecule has 156 valence electrons. The lowest BCUT2D eigenvalue weighted by atomic mass is 10.0. The van der Waals surface area contributed by atoms with Gasteiger partial charge in [-0.3, -0.25) is 14.5 Å². The minimum Gasteiger partial charge on any atom is -0.351 e. The molecule has 2 aromatic carbocycles. The number of carbonyl (C=O) groups excluding carboxylic acids is 2. The molecule has 30 heavy (non-hydrogen) atoms. The van der Waals surface area contributed by atoms with Crippen molar-refractivity contribution in [1.82, 2.24) is 10.2 Å². The van der Waals surface area contributed by atoms with Gasteiger partial charge in [-0.1, -0.05) is 48.5 Å². The van der Waals surface area contributed by atoms with Crippen molar-refractivity contribution in [1.29, 1.82) is 0 Å². The van der Waals surface area contributed by atoms with Crippen molar-refractivity contribution < 1.29 is 9.59 Å². The standard InChI is InChI=1S/C24H27N3O2S/c1-17-7-5-6-13-27(17)14-12-25-23(28)19-10-11-21-20(16-19)26-24(29)22(30-21)15-18-8-3-2-4-9-18/h2-4,8-11,15-17H,5-7,12-14H2,1H3,(H,25,28)(H,26,29)/b22-15-/t17-/m0/s1. The second kappa shape index (κ2) is 9.49. The molecule has 1 fully saturated rings. The molecule has 4 rings (SSSR count). The molecule has 2 heterocycles. The first kappa shape index (κ1) is 20.7. The van der Waals surface area contributed by atoms with Gasteiger partial charge in [0.15, 0.2) is 0 Å². The van der Waals surface area contributed by atoms with Gasteiger partial charge in [0.05, 0.1) is 10.6 Å². The third-order valence-electron chi connectivity index (χ3n) is 5.66. The van der Waals surface area contributed by atoms with Crippen LogP contribution in [0.3, 0.4) is 0 Å². The second-order valence-corrected chi connectivity index (χ2v) is 8.91. The van der Waals surface area contributed by atoms with Crippen LogP contribution in [0.25, 0.3) is 6.08 Å². The Labute approximate surface area is 181 Å². The van der Waals surface area contributed by atoms with E-state index in [-0.39, 0.29) is 11.8 Å². The first-order chi connectivity index (χ1) is 14.6. The molecule has 0 aromatic heterocycles. The zero-order chi connectivity index (χ0) is 20.9. The van der Waals surface area contributed by atoms with Crippen LogP contribution in [0.5, 0.6) is 0 Å². The maximum atomic E-state index is 12.6. The number of fused-ring (bicyclic) bond motifs is 1. The third-order valence-corrected chi connectivity index (χ3v) is 6.76. The smallest absolute Gasteiger partial charge is 0.262 e. The predicted molar refractivity (Wildman–Crippen MR) is 123 cm³/mol. The Morgan fingerprint density at radius 2 is 2.07 bits per heavy atom. The molecule has 0 radical (unpaired) electrons. The summed E-state index contributed by atoms with van der Waals surface area (Å²) in [5, 5.41) is 5.94. The van der Waals surface area contributed by atoms with Crippen molar-refractivity contribution in [2.45, 2.75) is 37.1 Å². The highest BCUT2D eigenvalue weighted by Gasteiger charge is 2.22. The average Bonchev–Trinajstić information content (AvgIpc) is 2.76. The van der Waals surface area contributed by atoms with Crippen LogP contribution in [0, 0.1) is 0 Å². The molecule has 0 aliphatic carbocycles. The Morgan fingerprint density at radius 3 is 2.87 bits per heavy atom. The summed E-state index contributed by atoms with van der Waals surface area (Å²) < 4.78 is 0. The minimum atomic E-state index is -0.145. The van der Waals surface area contributed by atoms with Gasteiger partial charge in [-0.15, -0.1) is 0 Å². The number of amides is 2. The summed E-state index contributed by atoms with van der Waals surface area (Å²) in [5.41, 5.74) is 2.24. The maximum Gasteiger partial charge on any atom is 0.262 e. The van der Waals surface area contributed by atoms with Crippen LogP contribution in [0.15, 0.2) is 58.3 Å². The molecule has 2 aromatic rings. The van der Waals surface area contributed by atoms with Crippen molar-refractivity contribution in [3.8, 4) is 0 Å². The number of likely N-dealkylation sites (tertiary alicyclic amines) is 1. The zero-order valence-corrected chi connectivity index (χ0v) is 18.0. The summed E-state index contributed by atoms with van der Waals surface area (Å²) in [6.07, 6.45) is 5.65. The molecular weight excluding hydrogens is 394 g/mol. The number of benzene rings is 2. The SMILES string of the molecule is C[C@H]1CCCCN1CCNC(=O)c1ccc2c(c1)NC(=O)/C(=C/c1ccccc1)S2. The fourth-order valence-corrected chi connectivity index (χ4v) is 4.84. The van der Waals surface area contributed by atoms with E-state index in [4.69, 9.17) is 0 Å². The van der Waals surface area contributed by atoms with Gasteiger partial charge in [0.25, 0.3) is 11.8 Å². The van der Waals surface area contributed by atoms with Crippen molar-refractivity contribution in [3.63, 3.8) is 0 Å². The Kier molecular flexibility index (Phi) is 6.55. The van der Waals surface area contributed by atoms with Crippen molar-refractivity contribution in [2.75, 3.05) is 25.0 Å². The van der Waals surface area contributed by atoms with Crippen LogP contribution >= 0.6 is 11.8 Å². The van der Waals surface area contributed by atoms with Gasteiger partial charge in [0.2, 0.25) is 0 Å². The molecule has 0 unspecified atom stereocenters. The molecular formula is C24H27N3O2S. The number of hydrogen-bond acceptors (Lipinski definition) is 4. The number of thioether (sulfide) groups is 1. The molecule has 6 heteroatoms. The largest absolute Gasteiger partial charge is 0.351 e. The van der Waals surface area contributed by atoms with E-state index in [1.165, 1.54) is 31.0 Å². The summed E-state index contributed by atoms with van der Waals surface area (Å²) in [4.78, 5) is 29.1. The summed E-state index contributed by atoms with van der Waals surface area (Å²) >= 11 is 1.43. The van der Waals surface area contributed by atoms with Crippen LogP contribution in [-0.2, 0) is 4.79 Å². The fraction of sp³-hybridized carbons (Fsp3) is 0.333. The van der Waals surface area contributed by atoms with E-state index in [0.717, 1.165) is 23.5 Å². The van der Waals surface area contributed by atoms with E-state index >= 15 is 0 Å². The summed E-state index contributed by atoms with van der Waals surface area (Å²) in [6, 6.07) is 15.9. The van der Waals surface area contributed by atoms with E-state index in [2.05, 4.69) is 22.5 Å². The van der Waals surface area contributed by atoms with E-state index in [9.17, 15) is 9.59 Å². The van der Waals surface area contributed by atoms with Crippen LogP contribution in [0.1, 0.15) is 42.1 Å². The highest BCUT2D eigenvalue weighted by Crippen LogP contribution is 2.39. The summed E-state index contributed by atoms with van der Waals surface area (Å²) in [6.45, 7) is 4.87. The second-order valence-electron chi connectivity index (χ2n) is 7.82. The molecule has 0 spiro atoms. The first-order valence-corrected chi connectivity index (χ1v) is 11.3. The molecule has 2 N–H and O–H groups in total. The van der Waals surface area contributed by atoms with E-state index < -0.39 is 0 Å². The van der Waals surface area contributed by atoms with Gasteiger partial charge in [-0.2, -0.15) is 0 Å². The van der Waals surface area contributed by atoms with Crippen LogP contribution in [-0.4, -0.2) is 42.4 Å². The van der Waals surface area contributed by atoms with E-state index in [1.54, 1.807) is 6.07 Å². The van der Waals surface area contributed by atoms with Crippen LogP contribution in [0.2, 0.25) is 0 Å². The van der Waals surface area contributed by atoms with Gasteiger partial charge in [0.1, 0.15) is 0 Å². The fourth-order valence-electron chi connectivity index (χ4n) is 3.91. The molecule has 1 atom stereocenters. The lowest BCUT2D eigenvalue weighted by Gasteiger charge is -2.33. The number of nitrogens with one attached hydrogen (secondary N) is 2. The molecule has 1 saturated heterocycles. The Morgan fingerprint density at radius 1 is 1.23 bits per heavy atom. The van der Waals surface area contributed by atoms with Crippen molar-refractivity contribution in [3.05, 3.63) is 64.6 Å². The lowest BCUT2D eigenvalue weighted by molar-refractivity contribution is -0.112. The van der Waals surface area contributed by atoms with Crippen LogP contribution in [0.4, 0.5) is 5.69 Å². The minimum absolute atomic E-state index is 0.104. The summed E-state index contributed by atoms with van der Waals surface area (Å²) in [7, 11) is 0. The molecule has 2 amide bonds. The highest BCUT2D eigenvalue weighted by molar-refractivity contribution is 8.04. The quantitative estimate of drug-likeness (QED) is 0.704. The van der Waals surface area contributed by atoms with Crippen molar-refractivity contribution >= 4 is 35.3 Å². The first-order valence-electron chi connectivity index (χ1n) is 10.5. The lowest BCUT2D eigenvalue weighted by Crippen LogP contribution is -2.42. The topological polar surface area (TPSA) is 61.4 Å². The van der Waals surface area contributed by atoms with E-state index in [0.29, 0.717) is 28.7 Å². The van der Waals surface area contributed by atoms with Gasteiger partial charge in [-0.05, 0) is 56.1 Å². The molecule has 5 nitrogen and oxygen atoms in total. The molecule has 0 saturated carbocycles. The van der Waals surface area contributed by atoms with Gasteiger partial charge < -0.3 is 10.6 Å².